The van der Waals surface area contributed by atoms with Crippen LogP contribution in [0.15, 0.2) is 52.4 Å². The van der Waals surface area contributed by atoms with Crippen LogP contribution in [0, 0.1) is 6.92 Å². The number of carbonyl (C=O) groups is 1. The number of aromatic nitrogens is 3. The maximum Gasteiger partial charge on any atom is 0.267 e. The van der Waals surface area contributed by atoms with Crippen molar-refractivity contribution in [1.82, 2.24) is 19.9 Å². The molecule has 0 radical (unpaired) electrons. The van der Waals surface area contributed by atoms with Crippen LogP contribution in [0.3, 0.4) is 0 Å². The van der Waals surface area contributed by atoms with Crippen molar-refractivity contribution in [1.29, 1.82) is 0 Å². The molecular formula is C22H24N4O2S. The van der Waals surface area contributed by atoms with Crippen molar-refractivity contribution >= 4 is 28.6 Å². The Morgan fingerprint density at radius 2 is 1.90 bits per heavy atom. The lowest BCUT2D eigenvalue weighted by atomic mass is 10.2. The molecule has 4 rings (SSSR count). The molecule has 0 saturated heterocycles. The van der Waals surface area contributed by atoms with Gasteiger partial charge in [0.05, 0.1) is 16.2 Å². The van der Waals surface area contributed by atoms with Crippen molar-refractivity contribution in [3.05, 3.63) is 58.5 Å². The molecule has 7 heteroatoms. The number of rotatable bonds is 5. The van der Waals surface area contributed by atoms with Gasteiger partial charge in [0.1, 0.15) is 5.82 Å². The average Bonchev–Trinajstić information content (AvgIpc) is 3.21. The van der Waals surface area contributed by atoms with E-state index in [1.54, 1.807) is 12.1 Å². The van der Waals surface area contributed by atoms with Crippen LogP contribution in [0.1, 0.15) is 38.3 Å². The molecule has 29 heavy (non-hydrogen) atoms. The van der Waals surface area contributed by atoms with Gasteiger partial charge in [-0.2, -0.15) is 0 Å². The standard InChI is InChI=1S/C22H24N4O2S/c1-14-8-7-13-19(23-14)26-21(28)17-11-5-6-12-18(17)25-22(26)29-15(2)20(27)24-16-9-3-4-10-16/h5-8,11-13,15-16H,3-4,9-10H2,1-2H3,(H,24,27). The quantitative estimate of drug-likeness (QED) is 0.515. The Hall–Kier alpha value is -2.67. The molecule has 1 aliphatic carbocycles. The number of thioether (sulfide) groups is 1. The second-order valence-electron chi connectivity index (χ2n) is 7.44. The molecule has 2 aromatic heterocycles. The van der Waals surface area contributed by atoms with E-state index in [4.69, 9.17) is 4.98 Å². The normalized spacial score (nSPS) is 15.5. The van der Waals surface area contributed by atoms with Crippen LogP contribution in [-0.2, 0) is 4.79 Å². The van der Waals surface area contributed by atoms with E-state index >= 15 is 0 Å². The number of pyridine rings is 1. The summed E-state index contributed by atoms with van der Waals surface area (Å²) in [7, 11) is 0. The van der Waals surface area contributed by atoms with Crippen LogP contribution < -0.4 is 10.9 Å². The van der Waals surface area contributed by atoms with Crippen molar-refractivity contribution in [2.45, 2.75) is 56.0 Å². The first-order valence-corrected chi connectivity index (χ1v) is 10.8. The van der Waals surface area contributed by atoms with Crippen LogP contribution in [-0.4, -0.2) is 31.7 Å². The van der Waals surface area contributed by atoms with Gasteiger partial charge in [-0.05, 0) is 51.0 Å². The summed E-state index contributed by atoms with van der Waals surface area (Å²) in [5, 5.41) is 3.76. The SMILES string of the molecule is Cc1cccc(-n2c(SC(C)C(=O)NC3CCCC3)nc3ccccc3c2=O)n1. The Balaban J connectivity index is 1.73. The van der Waals surface area contributed by atoms with Gasteiger partial charge in [-0.3, -0.25) is 9.59 Å². The highest BCUT2D eigenvalue weighted by molar-refractivity contribution is 8.00. The number of nitrogens with zero attached hydrogens (tertiary/aromatic N) is 3. The fourth-order valence-corrected chi connectivity index (χ4v) is 4.57. The van der Waals surface area contributed by atoms with E-state index in [-0.39, 0.29) is 22.8 Å². The number of amides is 1. The molecule has 1 atom stereocenters. The number of hydrogen-bond acceptors (Lipinski definition) is 5. The zero-order valence-corrected chi connectivity index (χ0v) is 17.4. The summed E-state index contributed by atoms with van der Waals surface area (Å²) in [5.74, 6) is 0.493. The Labute approximate surface area is 173 Å². The number of nitrogens with one attached hydrogen (secondary N) is 1. The Kier molecular flexibility index (Phi) is 5.67. The lowest BCUT2D eigenvalue weighted by Gasteiger charge is -2.18. The van der Waals surface area contributed by atoms with Crippen molar-refractivity contribution in [3.8, 4) is 5.82 Å². The molecule has 0 bridgehead atoms. The molecule has 1 aromatic carbocycles. The fourth-order valence-electron chi connectivity index (χ4n) is 3.65. The molecular weight excluding hydrogens is 384 g/mol. The zero-order chi connectivity index (χ0) is 20.4. The average molecular weight is 409 g/mol. The summed E-state index contributed by atoms with van der Waals surface area (Å²) >= 11 is 1.29. The fraction of sp³-hybridized carbons (Fsp3) is 0.364. The molecule has 0 aliphatic heterocycles. The number of para-hydroxylation sites is 1. The van der Waals surface area contributed by atoms with E-state index in [1.807, 2.05) is 44.2 Å². The first-order valence-electron chi connectivity index (χ1n) is 9.96. The van der Waals surface area contributed by atoms with Crippen molar-refractivity contribution in [2.24, 2.45) is 0 Å². The van der Waals surface area contributed by atoms with E-state index in [0.717, 1.165) is 31.4 Å². The lowest BCUT2D eigenvalue weighted by molar-refractivity contribution is -0.120. The summed E-state index contributed by atoms with van der Waals surface area (Å²) in [6, 6.07) is 13.1. The number of fused-ring (bicyclic) bond motifs is 1. The highest BCUT2D eigenvalue weighted by atomic mass is 32.2. The Morgan fingerprint density at radius 3 is 2.66 bits per heavy atom. The third-order valence-corrected chi connectivity index (χ3v) is 6.25. The van der Waals surface area contributed by atoms with E-state index in [0.29, 0.717) is 21.9 Å². The van der Waals surface area contributed by atoms with Gasteiger partial charge in [-0.15, -0.1) is 0 Å². The summed E-state index contributed by atoms with van der Waals surface area (Å²) in [5.41, 5.74) is 1.25. The van der Waals surface area contributed by atoms with Crippen LogP contribution in [0.5, 0.6) is 0 Å². The Bertz CT molecular complexity index is 1110. The van der Waals surface area contributed by atoms with Crippen LogP contribution in [0.2, 0.25) is 0 Å². The third-order valence-electron chi connectivity index (χ3n) is 5.20. The molecule has 0 spiro atoms. The van der Waals surface area contributed by atoms with Gasteiger partial charge < -0.3 is 5.32 Å². The minimum Gasteiger partial charge on any atom is -0.352 e. The zero-order valence-electron chi connectivity index (χ0n) is 16.6. The highest BCUT2D eigenvalue weighted by Gasteiger charge is 2.24. The summed E-state index contributed by atoms with van der Waals surface area (Å²) in [6.07, 6.45) is 4.40. The van der Waals surface area contributed by atoms with Gasteiger partial charge >= 0.3 is 0 Å². The second kappa shape index (κ2) is 8.37. The minimum absolute atomic E-state index is 0.0203. The van der Waals surface area contributed by atoms with E-state index in [1.165, 1.54) is 16.3 Å². The Morgan fingerprint density at radius 1 is 1.14 bits per heavy atom. The summed E-state index contributed by atoms with van der Waals surface area (Å²) in [4.78, 5) is 35.2. The van der Waals surface area contributed by atoms with Gasteiger partial charge in [0.15, 0.2) is 5.16 Å². The lowest BCUT2D eigenvalue weighted by Crippen LogP contribution is -2.38. The molecule has 3 aromatic rings. The number of benzene rings is 1. The number of aryl methyl sites for hydroxylation is 1. The maximum absolute atomic E-state index is 13.3. The first-order chi connectivity index (χ1) is 14.0. The monoisotopic (exact) mass is 408 g/mol. The molecule has 1 aliphatic rings. The van der Waals surface area contributed by atoms with Crippen molar-refractivity contribution < 1.29 is 4.79 Å². The molecule has 1 N–H and O–H groups in total. The third kappa shape index (κ3) is 4.19. The second-order valence-corrected chi connectivity index (χ2v) is 8.75. The van der Waals surface area contributed by atoms with E-state index in [2.05, 4.69) is 10.3 Å². The first kappa shape index (κ1) is 19.6. The van der Waals surface area contributed by atoms with Gasteiger partial charge in [0.25, 0.3) is 5.56 Å². The summed E-state index contributed by atoms with van der Waals surface area (Å²) in [6.45, 7) is 3.73. The molecule has 1 fully saturated rings. The van der Waals surface area contributed by atoms with Gasteiger partial charge in [0.2, 0.25) is 5.91 Å². The van der Waals surface area contributed by atoms with Gasteiger partial charge in [-0.1, -0.05) is 42.8 Å². The molecule has 6 nitrogen and oxygen atoms in total. The van der Waals surface area contributed by atoms with E-state index < -0.39 is 0 Å². The smallest absolute Gasteiger partial charge is 0.267 e. The van der Waals surface area contributed by atoms with Crippen molar-refractivity contribution in [3.63, 3.8) is 0 Å². The number of hydrogen-bond donors (Lipinski definition) is 1. The van der Waals surface area contributed by atoms with Gasteiger partial charge in [-0.25, -0.2) is 14.5 Å². The topological polar surface area (TPSA) is 76.9 Å². The maximum atomic E-state index is 13.3. The predicted octanol–water partition coefficient (Wildman–Crippen LogP) is 3.63. The summed E-state index contributed by atoms with van der Waals surface area (Å²) < 4.78 is 1.51. The molecule has 1 amide bonds. The van der Waals surface area contributed by atoms with Gasteiger partial charge in [0, 0.05) is 11.7 Å². The van der Waals surface area contributed by atoms with Crippen LogP contribution in [0.4, 0.5) is 0 Å². The molecule has 1 unspecified atom stereocenters. The van der Waals surface area contributed by atoms with Crippen LogP contribution in [0.25, 0.3) is 16.7 Å². The molecule has 2 heterocycles. The predicted molar refractivity (Wildman–Crippen MR) is 116 cm³/mol. The van der Waals surface area contributed by atoms with Crippen molar-refractivity contribution in [2.75, 3.05) is 0 Å². The highest BCUT2D eigenvalue weighted by Crippen LogP contribution is 2.25. The molecule has 1 saturated carbocycles. The molecule has 150 valence electrons. The largest absolute Gasteiger partial charge is 0.352 e. The minimum atomic E-state index is -0.375. The number of carbonyl (C=O) groups excluding carboxylic acids is 1. The van der Waals surface area contributed by atoms with E-state index in [9.17, 15) is 9.59 Å². The van der Waals surface area contributed by atoms with Crippen LogP contribution >= 0.6 is 11.8 Å².